The van der Waals surface area contributed by atoms with E-state index in [1.807, 2.05) is 0 Å². The van der Waals surface area contributed by atoms with E-state index in [9.17, 15) is 25.9 Å². The zero-order chi connectivity index (χ0) is 20.7. The number of fused-ring (bicyclic) bond motifs is 1. The molecule has 3 rings (SSSR count). The van der Waals surface area contributed by atoms with Crippen molar-refractivity contribution >= 4 is 53.8 Å². The van der Waals surface area contributed by atoms with E-state index < -0.39 is 30.0 Å². The van der Waals surface area contributed by atoms with Crippen LogP contribution in [0.15, 0.2) is 68.6 Å². The maximum atomic E-state index is 11.8. The molecule has 0 saturated heterocycles. The van der Waals surface area contributed by atoms with Crippen LogP contribution in [0.5, 0.6) is 0 Å². The maximum absolute atomic E-state index is 11.8. The second-order valence-corrected chi connectivity index (χ2v) is 8.54. The Kier molecular flexibility index (Phi) is 4.81. The molecule has 0 spiro atoms. The van der Waals surface area contributed by atoms with Crippen LogP contribution in [0.1, 0.15) is 0 Å². The first-order valence-electron chi connectivity index (χ1n) is 7.55. The Bertz CT molecular complexity index is 1330. The fourth-order valence-electron chi connectivity index (χ4n) is 2.58. The van der Waals surface area contributed by atoms with Crippen LogP contribution in [-0.4, -0.2) is 25.9 Å². The summed E-state index contributed by atoms with van der Waals surface area (Å²) in [6.45, 7) is 0. The molecular formula is C16H14N4O6S2. The van der Waals surface area contributed by atoms with Crippen LogP contribution in [0.3, 0.4) is 0 Å². The lowest BCUT2D eigenvalue weighted by Crippen LogP contribution is -2.03. The van der Waals surface area contributed by atoms with Crippen LogP contribution in [0, 0.1) is 0 Å². The Morgan fingerprint density at radius 1 is 0.750 bits per heavy atom. The Hall–Kier alpha value is -3.06. The van der Waals surface area contributed by atoms with Crippen LogP contribution < -0.4 is 11.5 Å². The zero-order valence-corrected chi connectivity index (χ0v) is 15.6. The van der Waals surface area contributed by atoms with Crippen molar-refractivity contribution in [3.8, 4) is 0 Å². The van der Waals surface area contributed by atoms with E-state index in [4.69, 9.17) is 11.5 Å². The Morgan fingerprint density at radius 2 is 1.43 bits per heavy atom. The highest BCUT2D eigenvalue weighted by Gasteiger charge is 2.21. The van der Waals surface area contributed by atoms with E-state index in [0.29, 0.717) is 5.69 Å². The summed E-state index contributed by atoms with van der Waals surface area (Å²) in [6.07, 6.45) is 0. The number of rotatable bonds is 4. The Labute approximate surface area is 160 Å². The molecule has 6 N–H and O–H groups in total. The number of nitrogens with zero attached hydrogens (tertiary/aromatic N) is 2. The molecule has 12 heteroatoms. The molecule has 0 saturated carbocycles. The molecule has 0 unspecified atom stereocenters. The molecule has 0 radical (unpaired) electrons. The zero-order valence-electron chi connectivity index (χ0n) is 14.0. The minimum Gasteiger partial charge on any atom is -0.399 e. The van der Waals surface area contributed by atoms with Gasteiger partial charge in [-0.25, -0.2) is 0 Å². The van der Waals surface area contributed by atoms with Gasteiger partial charge in [0.25, 0.3) is 20.2 Å². The highest BCUT2D eigenvalue weighted by Crippen LogP contribution is 2.34. The lowest BCUT2D eigenvalue weighted by atomic mass is 10.1. The quantitative estimate of drug-likeness (QED) is 0.281. The van der Waals surface area contributed by atoms with Crippen LogP contribution in [-0.2, 0) is 20.2 Å². The van der Waals surface area contributed by atoms with Crippen LogP contribution in [0.2, 0.25) is 0 Å². The fourth-order valence-corrected chi connectivity index (χ4v) is 4.00. The van der Waals surface area contributed by atoms with Gasteiger partial charge in [-0.1, -0.05) is 12.1 Å². The van der Waals surface area contributed by atoms with E-state index in [0.717, 1.165) is 12.1 Å². The van der Waals surface area contributed by atoms with Gasteiger partial charge in [-0.05, 0) is 36.4 Å². The number of azo groups is 1. The van der Waals surface area contributed by atoms with Crippen LogP contribution in [0.4, 0.5) is 22.7 Å². The largest absolute Gasteiger partial charge is 0.399 e. The average Bonchev–Trinajstić information content (AvgIpc) is 2.58. The van der Waals surface area contributed by atoms with Gasteiger partial charge in [0.2, 0.25) is 0 Å². The summed E-state index contributed by atoms with van der Waals surface area (Å²) in [5.74, 6) is 0. The summed E-state index contributed by atoms with van der Waals surface area (Å²) in [4.78, 5) is -1.13. The summed E-state index contributed by atoms with van der Waals surface area (Å²) < 4.78 is 65.7. The van der Waals surface area contributed by atoms with Gasteiger partial charge in [0, 0.05) is 16.5 Å². The van der Waals surface area contributed by atoms with Crippen molar-refractivity contribution < 1.29 is 25.9 Å². The smallest absolute Gasteiger partial charge is 0.295 e. The second kappa shape index (κ2) is 6.83. The highest BCUT2D eigenvalue weighted by molar-refractivity contribution is 7.86. The summed E-state index contributed by atoms with van der Waals surface area (Å²) in [6, 6.07) is 10.3. The monoisotopic (exact) mass is 422 g/mol. The molecule has 0 amide bonds. The fraction of sp³-hybridized carbons (Fsp3) is 0. The second-order valence-electron chi connectivity index (χ2n) is 5.76. The topological polar surface area (TPSA) is 186 Å². The summed E-state index contributed by atoms with van der Waals surface area (Å²) >= 11 is 0. The van der Waals surface area contributed by atoms with E-state index in [2.05, 4.69) is 10.2 Å². The van der Waals surface area contributed by atoms with E-state index in [-0.39, 0.29) is 27.8 Å². The first kappa shape index (κ1) is 19.7. The first-order chi connectivity index (χ1) is 13.0. The van der Waals surface area contributed by atoms with Gasteiger partial charge >= 0.3 is 0 Å². The van der Waals surface area contributed by atoms with Gasteiger partial charge < -0.3 is 11.5 Å². The number of benzene rings is 3. The van der Waals surface area contributed by atoms with Crippen molar-refractivity contribution in [3.05, 3.63) is 48.5 Å². The summed E-state index contributed by atoms with van der Waals surface area (Å²) in [5.41, 5.74) is 12.2. The summed E-state index contributed by atoms with van der Waals surface area (Å²) in [7, 11) is -9.40. The number of nitrogen functional groups attached to an aromatic ring is 2. The minimum absolute atomic E-state index is 0.0903. The summed E-state index contributed by atoms with van der Waals surface area (Å²) in [5, 5.41) is 7.50. The predicted octanol–water partition coefficient (Wildman–Crippen LogP) is 2.91. The first-order valence-corrected chi connectivity index (χ1v) is 10.4. The van der Waals surface area contributed by atoms with E-state index >= 15 is 0 Å². The Morgan fingerprint density at radius 3 is 2.04 bits per heavy atom. The molecule has 0 atom stereocenters. The van der Waals surface area contributed by atoms with Gasteiger partial charge in [0.15, 0.2) is 0 Å². The number of hydrogen-bond acceptors (Lipinski definition) is 8. The molecule has 0 aliphatic carbocycles. The lowest BCUT2D eigenvalue weighted by Gasteiger charge is -2.08. The molecule has 0 aromatic heterocycles. The van der Waals surface area contributed by atoms with Crippen molar-refractivity contribution in [2.24, 2.45) is 10.2 Å². The normalized spacial score (nSPS) is 12.6. The Balaban J connectivity index is 2.28. The van der Waals surface area contributed by atoms with E-state index in [1.54, 1.807) is 0 Å². The lowest BCUT2D eigenvalue weighted by molar-refractivity contribution is 0.481. The average molecular weight is 422 g/mol. The van der Waals surface area contributed by atoms with Gasteiger partial charge in [0.1, 0.15) is 15.5 Å². The van der Waals surface area contributed by atoms with Crippen LogP contribution >= 0.6 is 0 Å². The maximum Gasteiger partial charge on any atom is 0.295 e. The third-order valence-electron chi connectivity index (χ3n) is 3.78. The molecule has 28 heavy (non-hydrogen) atoms. The minimum atomic E-state index is -4.73. The standard InChI is InChI=1S/C16H14N4O6S2/c17-9-4-5-14(13(18)6-9)20-19-10-7-12-11(16(8-10)28(24,25)26)2-1-3-15(12)27(21,22)23/h1-8H,17-18H2,(H,21,22,23)(H,24,25,26)/b20-19+. The molecule has 0 bridgehead atoms. The van der Waals surface area contributed by atoms with Crippen molar-refractivity contribution in [2.75, 3.05) is 11.5 Å². The van der Waals surface area contributed by atoms with Crippen molar-refractivity contribution in [3.63, 3.8) is 0 Å². The molecule has 0 aliphatic heterocycles. The van der Waals surface area contributed by atoms with Crippen LogP contribution in [0.25, 0.3) is 10.8 Å². The van der Waals surface area contributed by atoms with Gasteiger partial charge in [-0.2, -0.15) is 21.9 Å². The molecule has 0 heterocycles. The molecule has 0 aliphatic rings. The number of hydrogen-bond donors (Lipinski definition) is 4. The molecule has 10 nitrogen and oxygen atoms in total. The highest BCUT2D eigenvalue weighted by atomic mass is 32.2. The molecular weight excluding hydrogens is 408 g/mol. The van der Waals surface area contributed by atoms with Crippen molar-refractivity contribution in [1.29, 1.82) is 0 Å². The molecule has 3 aromatic rings. The number of nitrogens with two attached hydrogens (primary N) is 2. The molecule has 3 aromatic carbocycles. The van der Waals surface area contributed by atoms with Gasteiger partial charge in [-0.15, -0.1) is 5.11 Å². The molecule has 0 fully saturated rings. The number of anilines is 2. The molecule has 146 valence electrons. The van der Waals surface area contributed by atoms with E-state index in [1.165, 1.54) is 36.4 Å². The SMILES string of the molecule is Nc1ccc(/N=N/c2cc(S(=O)(=O)O)c3cccc(S(=O)(=O)O)c3c2)c(N)c1. The van der Waals surface area contributed by atoms with Gasteiger partial charge in [-0.3, -0.25) is 9.11 Å². The van der Waals surface area contributed by atoms with Crippen molar-refractivity contribution in [1.82, 2.24) is 0 Å². The van der Waals surface area contributed by atoms with Crippen molar-refractivity contribution in [2.45, 2.75) is 9.79 Å². The predicted molar refractivity (Wildman–Crippen MR) is 103 cm³/mol. The third kappa shape index (κ3) is 3.94. The third-order valence-corrected chi connectivity index (χ3v) is 5.59. The van der Waals surface area contributed by atoms with Gasteiger partial charge in [0.05, 0.1) is 11.4 Å².